The van der Waals surface area contributed by atoms with Crippen LogP contribution in [0, 0.1) is 12.7 Å². The number of methoxy groups -OCH3 is 1. The summed E-state index contributed by atoms with van der Waals surface area (Å²) >= 11 is 0. The van der Waals surface area contributed by atoms with Crippen LogP contribution in [0.15, 0.2) is 42.5 Å². The number of nitrogens with zero attached hydrogens (tertiary/aromatic N) is 1. The van der Waals surface area contributed by atoms with Crippen molar-refractivity contribution in [1.29, 1.82) is 0 Å². The average molecular weight is 283 g/mol. The molecule has 0 atom stereocenters. The lowest BCUT2D eigenvalue weighted by molar-refractivity contribution is 0.415. The highest BCUT2D eigenvalue weighted by molar-refractivity contribution is 5.92. The van der Waals surface area contributed by atoms with Gasteiger partial charge in [-0.25, -0.2) is 4.39 Å². The van der Waals surface area contributed by atoms with Crippen molar-refractivity contribution in [3.8, 4) is 17.0 Å². The Bertz CT molecular complexity index is 787. The minimum atomic E-state index is -0.211. The zero-order valence-electron chi connectivity index (χ0n) is 12.5. The number of hydrogen-bond donors (Lipinski definition) is 0. The predicted molar refractivity (Wildman–Crippen MR) is 84.3 cm³/mol. The Morgan fingerprint density at radius 1 is 1.10 bits per heavy atom. The molecule has 0 bridgehead atoms. The topological polar surface area (TPSA) is 14.2 Å². The molecule has 3 aromatic rings. The fraction of sp³-hybridized carbons (Fsp3) is 0.222. The van der Waals surface area contributed by atoms with Gasteiger partial charge in [-0.15, -0.1) is 0 Å². The molecule has 3 rings (SSSR count). The molecule has 0 N–H and O–H groups in total. The van der Waals surface area contributed by atoms with Gasteiger partial charge in [0, 0.05) is 17.4 Å². The molecule has 0 aliphatic rings. The number of fused-ring (bicyclic) bond motifs is 1. The zero-order valence-corrected chi connectivity index (χ0v) is 12.5. The first-order valence-corrected chi connectivity index (χ1v) is 7.08. The minimum absolute atomic E-state index is 0.211. The van der Waals surface area contributed by atoms with Gasteiger partial charge in [-0.3, -0.25) is 0 Å². The maximum Gasteiger partial charge on any atom is 0.123 e. The number of hydrogen-bond acceptors (Lipinski definition) is 1. The van der Waals surface area contributed by atoms with Gasteiger partial charge in [-0.05, 0) is 67.4 Å². The molecule has 21 heavy (non-hydrogen) atoms. The largest absolute Gasteiger partial charge is 0.497 e. The van der Waals surface area contributed by atoms with E-state index in [1.165, 1.54) is 28.6 Å². The molecule has 1 aromatic heterocycles. The molecule has 0 amide bonds. The molecule has 3 heteroatoms. The summed E-state index contributed by atoms with van der Waals surface area (Å²) in [5.41, 5.74) is 4.54. The van der Waals surface area contributed by atoms with Crippen molar-refractivity contribution in [2.24, 2.45) is 0 Å². The molecule has 0 aliphatic heterocycles. The third kappa shape index (κ3) is 2.19. The van der Waals surface area contributed by atoms with E-state index in [4.69, 9.17) is 4.74 Å². The fourth-order valence-corrected chi connectivity index (χ4v) is 2.94. The van der Waals surface area contributed by atoms with Gasteiger partial charge in [0.25, 0.3) is 0 Å². The molecule has 0 unspecified atom stereocenters. The van der Waals surface area contributed by atoms with Crippen molar-refractivity contribution in [3.05, 3.63) is 53.8 Å². The standard InChI is InChI=1S/C18H18FNO/c1-4-20-17-10-9-15(21-3)11-16(17)12(2)18(20)13-5-7-14(19)8-6-13/h5-11H,4H2,1-3H3. The summed E-state index contributed by atoms with van der Waals surface area (Å²) in [6, 6.07) is 12.8. The quantitative estimate of drug-likeness (QED) is 0.674. The Morgan fingerprint density at radius 2 is 1.81 bits per heavy atom. The Kier molecular flexibility index (Phi) is 3.42. The molecule has 0 aliphatic carbocycles. The van der Waals surface area contributed by atoms with Gasteiger partial charge in [0.2, 0.25) is 0 Å². The second kappa shape index (κ2) is 5.24. The molecule has 0 radical (unpaired) electrons. The summed E-state index contributed by atoms with van der Waals surface area (Å²) in [5, 5.41) is 1.18. The van der Waals surface area contributed by atoms with Crippen molar-refractivity contribution >= 4 is 10.9 Å². The van der Waals surface area contributed by atoms with E-state index in [0.29, 0.717) is 0 Å². The van der Waals surface area contributed by atoms with Crippen LogP contribution in [0.3, 0.4) is 0 Å². The number of aromatic nitrogens is 1. The summed E-state index contributed by atoms with van der Waals surface area (Å²) in [6.07, 6.45) is 0. The highest BCUT2D eigenvalue weighted by atomic mass is 19.1. The van der Waals surface area contributed by atoms with Crippen LogP contribution in [0.5, 0.6) is 5.75 Å². The smallest absolute Gasteiger partial charge is 0.123 e. The maximum absolute atomic E-state index is 13.2. The molecule has 0 spiro atoms. The molecule has 0 saturated heterocycles. The van der Waals surface area contributed by atoms with E-state index < -0.39 is 0 Å². The van der Waals surface area contributed by atoms with E-state index in [1.54, 1.807) is 7.11 Å². The first kappa shape index (κ1) is 13.7. The van der Waals surface area contributed by atoms with Crippen molar-refractivity contribution in [2.45, 2.75) is 20.4 Å². The third-order valence-corrected chi connectivity index (χ3v) is 3.96. The van der Waals surface area contributed by atoms with E-state index in [2.05, 4.69) is 30.5 Å². The number of aryl methyl sites for hydroxylation is 2. The van der Waals surface area contributed by atoms with Crippen LogP contribution in [0.4, 0.5) is 4.39 Å². The van der Waals surface area contributed by atoms with Crippen molar-refractivity contribution in [2.75, 3.05) is 7.11 Å². The Morgan fingerprint density at radius 3 is 2.43 bits per heavy atom. The van der Waals surface area contributed by atoms with Crippen LogP contribution in [0.2, 0.25) is 0 Å². The second-order valence-electron chi connectivity index (χ2n) is 5.11. The molecule has 1 heterocycles. The molecular formula is C18H18FNO. The summed E-state index contributed by atoms with van der Waals surface area (Å²) in [4.78, 5) is 0. The molecule has 0 saturated carbocycles. The maximum atomic E-state index is 13.2. The molecule has 2 nitrogen and oxygen atoms in total. The zero-order chi connectivity index (χ0) is 15.0. The average Bonchev–Trinajstić information content (AvgIpc) is 2.80. The lowest BCUT2D eigenvalue weighted by Gasteiger charge is -2.09. The summed E-state index contributed by atoms with van der Waals surface area (Å²) in [7, 11) is 1.67. The van der Waals surface area contributed by atoms with E-state index in [9.17, 15) is 4.39 Å². The summed E-state index contributed by atoms with van der Waals surface area (Å²) in [6.45, 7) is 5.09. The van der Waals surface area contributed by atoms with Crippen LogP contribution in [-0.4, -0.2) is 11.7 Å². The lowest BCUT2D eigenvalue weighted by Crippen LogP contribution is -1.97. The fourth-order valence-electron chi connectivity index (χ4n) is 2.94. The Labute approximate surface area is 123 Å². The van der Waals surface area contributed by atoms with E-state index in [-0.39, 0.29) is 5.82 Å². The van der Waals surface area contributed by atoms with E-state index in [0.717, 1.165) is 23.6 Å². The molecular weight excluding hydrogens is 265 g/mol. The van der Waals surface area contributed by atoms with E-state index >= 15 is 0 Å². The lowest BCUT2D eigenvalue weighted by atomic mass is 10.1. The highest BCUT2D eigenvalue weighted by Crippen LogP contribution is 2.35. The number of benzene rings is 2. The first-order chi connectivity index (χ1) is 10.2. The number of halogens is 1. The highest BCUT2D eigenvalue weighted by Gasteiger charge is 2.15. The molecule has 0 fully saturated rings. The molecule has 108 valence electrons. The van der Waals surface area contributed by atoms with Gasteiger partial charge in [-0.1, -0.05) is 0 Å². The van der Waals surface area contributed by atoms with Gasteiger partial charge >= 0.3 is 0 Å². The monoisotopic (exact) mass is 283 g/mol. The predicted octanol–water partition coefficient (Wildman–Crippen LogP) is 4.78. The third-order valence-electron chi connectivity index (χ3n) is 3.96. The van der Waals surface area contributed by atoms with Gasteiger partial charge in [0.15, 0.2) is 0 Å². The number of rotatable bonds is 3. The van der Waals surface area contributed by atoms with Crippen LogP contribution in [-0.2, 0) is 6.54 Å². The summed E-state index contributed by atoms with van der Waals surface area (Å²) < 4.78 is 20.7. The van der Waals surface area contributed by atoms with Crippen LogP contribution < -0.4 is 4.74 Å². The summed E-state index contributed by atoms with van der Waals surface area (Å²) in [5.74, 6) is 0.641. The first-order valence-electron chi connectivity index (χ1n) is 7.08. The van der Waals surface area contributed by atoms with Gasteiger partial charge in [0.05, 0.1) is 12.8 Å². The van der Waals surface area contributed by atoms with Crippen LogP contribution in [0.25, 0.3) is 22.2 Å². The Balaban J connectivity index is 2.31. The van der Waals surface area contributed by atoms with Gasteiger partial charge < -0.3 is 9.30 Å². The van der Waals surface area contributed by atoms with Crippen molar-refractivity contribution in [3.63, 3.8) is 0 Å². The Hall–Kier alpha value is -2.29. The molecule has 2 aromatic carbocycles. The van der Waals surface area contributed by atoms with Crippen LogP contribution in [0.1, 0.15) is 12.5 Å². The normalized spacial score (nSPS) is 11.0. The second-order valence-corrected chi connectivity index (χ2v) is 5.11. The van der Waals surface area contributed by atoms with Crippen molar-refractivity contribution in [1.82, 2.24) is 4.57 Å². The van der Waals surface area contributed by atoms with E-state index in [1.807, 2.05) is 18.2 Å². The minimum Gasteiger partial charge on any atom is -0.497 e. The van der Waals surface area contributed by atoms with Gasteiger partial charge in [-0.2, -0.15) is 0 Å². The van der Waals surface area contributed by atoms with Crippen LogP contribution >= 0.6 is 0 Å². The van der Waals surface area contributed by atoms with Crippen molar-refractivity contribution < 1.29 is 9.13 Å². The number of ether oxygens (including phenoxy) is 1. The SMILES string of the molecule is CCn1c(-c2ccc(F)cc2)c(C)c2cc(OC)ccc21. The van der Waals surface area contributed by atoms with Gasteiger partial charge in [0.1, 0.15) is 11.6 Å².